The molecule has 1 aliphatic heterocycles. The standard InChI is InChI=1S/C17H18BrN/c1-19-13-5-12-17(19,14-6-3-2-4-7-14)15-8-10-16(18)11-9-15/h2-4,6-11H,5,12-13H2,1H3. The number of likely N-dealkylation sites (tertiary alicyclic amines) is 1. The van der Waals surface area contributed by atoms with Gasteiger partial charge in [0, 0.05) is 4.47 Å². The summed E-state index contributed by atoms with van der Waals surface area (Å²) >= 11 is 3.53. The molecule has 0 saturated carbocycles. The average Bonchev–Trinajstić information content (AvgIpc) is 2.83. The number of rotatable bonds is 2. The zero-order chi connectivity index (χ0) is 13.3. The largest absolute Gasteiger partial charge is 0.293 e. The second-order valence-corrected chi connectivity index (χ2v) is 6.17. The number of halogens is 1. The summed E-state index contributed by atoms with van der Waals surface area (Å²) in [7, 11) is 2.24. The van der Waals surface area contributed by atoms with Crippen LogP contribution < -0.4 is 0 Å². The first-order valence-corrected chi connectivity index (χ1v) is 7.55. The molecule has 3 rings (SSSR count). The molecule has 1 unspecified atom stereocenters. The van der Waals surface area contributed by atoms with Gasteiger partial charge >= 0.3 is 0 Å². The molecule has 0 N–H and O–H groups in total. The Labute approximate surface area is 123 Å². The second kappa shape index (κ2) is 5.10. The molecular formula is C17H18BrN. The summed E-state index contributed by atoms with van der Waals surface area (Å²) in [5.74, 6) is 0. The van der Waals surface area contributed by atoms with E-state index in [4.69, 9.17) is 0 Å². The van der Waals surface area contributed by atoms with Crippen molar-refractivity contribution in [2.24, 2.45) is 0 Å². The van der Waals surface area contributed by atoms with E-state index in [0.717, 1.165) is 11.0 Å². The maximum atomic E-state index is 3.53. The van der Waals surface area contributed by atoms with Crippen molar-refractivity contribution in [3.8, 4) is 0 Å². The Bertz CT molecular complexity index is 549. The first-order valence-electron chi connectivity index (χ1n) is 6.76. The average molecular weight is 316 g/mol. The molecule has 19 heavy (non-hydrogen) atoms. The van der Waals surface area contributed by atoms with Crippen molar-refractivity contribution in [3.05, 3.63) is 70.2 Å². The van der Waals surface area contributed by atoms with Gasteiger partial charge in [-0.2, -0.15) is 0 Å². The van der Waals surface area contributed by atoms with Crippen molar-refractivity contribution >= 4 is 15.9 Å². The minimum atomic E-state index is 0.0436. The Morgan fingerprint density at radius 3 is 2.16 bits per heavy atom. The molecule has 0 bridgehead atoms. The quantitative estimate of drug-likeness (QED) is 0.793. The summed E-state index contributed by atoms with van der Waals surface area (Å²) in [6, 6.07) is 19.7. The summed E-state index contributed by atoms with van der Waals surface area (Å²) in [4.78, 5) is 2.49. The Morgan fingerprint density at radius 1 is 0.947 bits per heavy atom. The first-order chi connectivity index (χ1) is 9.23. The summed E-state index contributed by atoms with van der Waals surface area (Å²) in [6.45, 7) is 1.16. The molecule has 0 spiro atoms. The van der Waals surface area contributed by atoms with Crippen LogP contribution in [-0.4, -0.2) is 18.5 Å². The number of hydrogen-bond acceptors (Lipinski definition) is 1. The summed E-state index contributed by atoms with van der Waals surface area (Å²) < 4.78 is 1.14. The predicted octanol–water partition coefficient (Wildman–Crippen LogP) is 4.42. The first kappa shape index (κ1) is 12.9. The van der Waals surface area contributed by atoms with Gasteiger partial charge in [-0.15, -0.1) is 0 Å². The monoisotopic (exact) mass is 315 g/mol. The molecule has 1 heterocycles. The fourth-order valence-electron chi connectivity index (χ4n) is 3.29. The van der Waals surface area contributed by atoms with Gasteiger partial charge in [0.05, 0.1) is 5.54 Å². The van der Waals surface area contributed by atoms with Gasteiger partial charge in [-0.05, 0) is 49.7 Å². The third-order valence-electron chi connectivity index (χ3n) is 4.26. The molecule has 2 heteroatoms. The molecule has 98 valence electrons. The highest BCUT2D eigenvalue weighted by Crippen LogP contribution is 2.43. The number of benzene rings is 2. The Hall–Kier alpha value is -1.12. The molecule has 1 saturated heterocycles. The molecule has 1 fully saturated rings. The molecular weight excluding hydrogens is 298 g/mol. The van der Waals surface area contributed by atoms with Crippen LogP contribution in [0, 0.1) is 0 Å². The van der Waals surface area contributed by atoms with Gasteiger partial charge in [0.25, 0.3) is 0 Å². The van der Waals surface area contributed by atoms with Gasteiger partial charge < -0.3 is 0 Å². The zero-order valence-electron chi connectivity index (χ0n) is 11.1. The molecule has 0 amide bonds. The molecule has 0 aromatic heterocycles. The summed E-state index contributed by atoms with van der Waals surface area (Å²) in [6.07, 6.45) is 2.44. The van der Waals surface area contributed by atoms with Crippen LogP contribution in [0.5, 0.6) is 0 Å². The highest BCUT2D eigenvalue weighted by Gasteiger charge is 2.41. The molecule has 1 aliphatic rings. The van der Waals surface area contributed by atoms with Crippen molar-refractivity contribution in [3.63, 3.8) is 0 Å². The van der Waals surface area contributed by atoms with E-state index in [1.165, 1.54) is 24.0 Å². The minimum Gasteiger partial charge on any atom is -0.293 e. The maximum absolute atomic E-state index is 3.53. The van der Waals surface area contributed by atoms with E-state index < -0.39 is 0 Å². The van der Waals surface area contributed by atoms with E-state index in [0.29, 0.717) is 0 Å². The minimum absolute atomic E-state index is 0.0436. The van der Waals surface area contributed by atoms with Gasteiger partial charge in [-0.25, -0.2) is 0 Å². The Morgan fingerprint density at radius 2 is 1.58 bits per heavy atom. The Kier molecular flexibility index (Phi) is 3.46. The summed E-state index contributed by atoms with van der Waals surface area (Å²) in [5.41, 5.74) is 2.83. The van der Waals surface area contributed by atoms with Gasteiger partial charge in [0.1, 0.15) is 0 Å². The van der Waals surface area contributed by atoms with Gasteiger partial charge in [0.2, 0.25) is 0 Å². The van der Waals surface area contributed by atoms with E-state index in [-0.39, 0.29) is 5.54 Å². The van der Waals surface area contributed by atoms with Crippen molar-refractivity contribution in [1.82, 2.24) is 4.90 Å². The number of hydrogen-bond donors (Lipinski definition) is 0. The van der Waals surface area contributed by atoms with E-state index in [1.54, 1.807) is 0 Å². The van der Waals surface area contributed by atoms with Gasteiger partial charge in [-0.1, -0.05) is 58.4 Å². The third-order valence-corrected chi connectivity index (χ3v) is 4.79. The molecule has 0 aliphatic carbocycles. The smallest absolute Gasteiger partial charge is 0.0713 e. The van der Waals surface area contributed by atoms with Gasteiger partial charge in [0.15, 0.2) is 0 Å². The highest BCUT2D eigenvalue weighted by molar-refractivity contribution is 9.10. The lowest BCUT2D eigenvalue weighted by Gasteiger charge is -2.37. The second-order valence-electron chi connectivity index (χ2n) is 5.26. The molecule has 0 radical (unpaired) electrons. The maximum Gasteiger partial charge on any atom is 0.0713 e. The van der Waals surface area contributed by atoms with Crippen LogP contribution in [0.25, 0.3) is 0 Å². The van der Waals surface area contributed by atoms with Crippen LogP contribution in [0.2, 0.25) is 0 Å². The van der Waals surface area contributed by atoms with Gasteiger partial charge in [-0.3, -0.25) is 4.90 Å². The fourth-order valence-corrected chi connectivity index (χ4v) is 3.55. The van der Waals surface area contributed by atoms with Crippen molar-refractivity contribution in [2.75, 3.05) is 13.6 Å². The third kappa shape index (κ3) is 2.13. The topological polar surface area (TPSA) is 3.24 Å². The van der Waals surface area contributed by atoms with Crippen LogP contribution in [0.3, 0.4) is 0 Å². The molecule has 2 aromatic rings. The van der Waals surface area contributed by atoms with Crippen LogP contribution >= 0.6 is 15.9 Å². The van der Waals surface area contributed by atoms with Crippen molar-refractivity contribution in [1.29, 1.82) is 0 Å². The van der Waals surface area contributed by atoms with Crippen molar-refractivity contribution in [2.45, 2.75) is 18.4 Å². The predicted molar refractivity (Wildman–Crippen MR) is 83.2 cm³/mol. The van der Waals surface area contributed by atoms with Crippen LogP contribution in [0.4, 0.5) is 0 Å². The van der Waals surface area contributed by atoms with E-state index in [1.807, 2.05) is 0 Å². The molecule has 1 atom stereocenters. The van der Waals surface area contributed by atoms with E-state index in [2.05, 4.69) is 82.5 Å². The van der Waals surface area contributed by atoms with Crippen LogP contribution in [0.15, 0.2) is 59.1 Å². The normalized spacial score (nSPS) is 23.7. The lowest BCUT2D eigenvalue weighted by atomic mass is 9.81. The molecule has 2 aromatic carbocycles. The Balaban J connectivity index is 2.15. The SMILES string of the molecule is CN1CCCC1(c1ccccc1)c1ccc(Br)cc1. The number of nitrogens with zero attached hydrogens (tertiary/aromatic N) is 1. The van der Waals surface area contributed by atoms with Crippen LogP contribution in [0.1, 0.15) is 24.0 Å². The zero-order valence-corrected chi connectivity index (χ0v) is 12.7. The highest BCUT2D eigenvalue weighted by atomic mass is 79.9. The lowest BCUT2D eigenvalue weighted by Crippen LogP contribution is -2.39. The fraction of sp³-hybridized carbons (Fsp3) is 0.294. The van der Waals surface area contributed by atoms with E-state index >= 15 is 0 Å². The molecule has 1 nitrogen and oxygen atoms in total. The lowest BCUT2D eigenvalue weighted by molar-refractivity contribution is 0.222. The van der Waals surface area contributed by atoms with E-state index in [9.17, 15) is 0 Å². The van der Waals surface area contributed by atoms with Crippen LogP contribution in [-0.2, 0) is 5.54 Å². The van der Waals surface area contributed by atoms with Crippen molar-refractivity contribution < 1.29 is 0 Å². The summed E-state index contributed by atoms with van der Waals surface area (Å²) in [5, 5.41) is 0.